The van der Waals surface area contributed by atoms with Gasteiger partial charge in [0.15, 0.2) is 11.6 Å². The van der Waals surface area contributed by atoms with Crippen molar-refractivity contribution in [3.63, 3.8) is 0 Å². The van der Waals surface area contributed by atoms with Crippen molar-refractivity contribution < 1.29 is 28.5 Å². The SMILES string of the molecule is CC1(C)OCC2C(O1)C1OC(C)(C)OC1C1NC(=O)C(=O)N21. The predicted molar refractivity (Wildman–Crippen MR) is 71.3 cm³/mol. The van der Waals surface area contributed by atoms with Crippen molar-refractivity contribution in [3.05, 3.63) is 0 Å². The lowest BCUT2D eigenvalue weighted by Crippen LogP contribution is -2.71. The molecule has 0 aromatic heterocycles. The van der Waals surface area contributed by atoms with Crippen LogP contribution in [0.1, 0.15) is 27.7 Å². The summed E-state index contributed by atoms with van der Waals surface area (Å²) in [6.07, 6.45) is -1.76. The standard InChI is InChI=1S/C14H20N2O6/c1-13(2)19-5-6-7(20-13)8-9(22-14(3,4)21-8)10-15-11(17)12(18)16(6)10/h6-10H,5H2,1-4H3,(H,15,17). The average Bonchev–Trinajstić information content (AvgIpc) is 2.87. The summed E-state index contributed by atoms with van der Waals surface area (Å²) in [7, 11) is 0. The number of hydrogen-bond acceptors (Lipinski definition) is 6. The number of hydrogen-bond donors (Lipinski definition) is 1. The van der Waals surface area contributed by atoms with E-state index >= 15 is 0 Å². The average molecular weight is 312 g/mol. The van der Waals surface area contributed by atoms with Crippen LogP contribution in [0.2, 0.25) is 0 Å². The van der Waals surface area contributed by atoms with Gasteiger partial charge in [0.2, 0.25) is 0 Å². The maximum atomic E-state index is 12.2. The second-order valence-electron chi connectivity index (χ2n) is 7.06. The molecule has 4 aliphatic heterocycles. The van der Waals surface area contributed by atoms with E-state index in [9.17, 15) is 9.59 Å². The molecule has 22 heavy (non-hydrogen) atoms. The Morgan fingerprint density at radius 1 is 1.00 bits per heavy atom. The highest BCUT2D eigenvalue weighted by molar-refractivity contribution is 6.37. The molecule has 5 atom stereocenters. The Hall–Kier alpha value is -1.22. The summed E-state index contributed by atoms with van der Waals surface area (Å²) in [5.41, 5.74) is 0. The van der Waals surface area contributed by atoms with Gasteiger partial charge in [-0.15, -0.1) is 0 Å². The van der Waals surface area contributed by atoms with Gasteiger partial charge in [0.05, 0.1) is 12.6 Å². The lowest BCUT2D eigenvalue weighted by molar-refractivity contribution is -0.321. The van der Waals surface area contributed by atoms with Crippen LogP contribution in [-0.2, 0) is 28.5 Å². The maximum Gasteiger partial charge on any atom is 0.314 e. The Labute approximate surface area is 128 Å². The number of ether oxygens (including phenoxy) is 4. The number of carbonyl (C=O) groups is 2. The molecular formula is C14H20N2O6. The second-order valence-corrected chi connectivity index (χ2v) is 7.06. The molecule has 122 valence electrons. The summed E-state index contributed by atoms with van der Waals surface area (Å²) in [6.45, 7) is 7.56. The first-order valence-corrected chi connectivity index (χ1v) is 7.49. The van der Waals surface area contributed by atoms with E-state index < -0.39 is 41.8 Å². The fourth-order valence-corrected chi connectivity index (χ4v) is 3.77. The Kier molecular flexibility index (Phi) is 2.74. The minimum atomic E-state index is -0.794. The maximum absolute atomic E-state index is 12.2. The van der Waals surface area contributed by atoms with Crippen molar-refractivity contribution in [1.29, 1.82) is 0 Å². The monoisotopic (exact) mass is 312 g/mol. The lowest BCUT2D eigenvalue weighted by atomic mass is 9.91. The third-order valence-corrected chi connectivity index (χ3v) is 4.56. The predicted octanol–water partition coefficient (Wildman–Crippen LogP) is -0.675. The molecule has 4 rings (SSSR count). The van der Waals surface area contributed by atoms with Crippen molar-refractivity contribution in [3.8, 4) is 0 Å². The van der Waals surface area contributed by atoms with Gasteiger partial charge in [0.1, 0.15) is 24.5 Å². The molecule has 0 bridgehead atoms. The molecule has 4 heterocycles. The zero-order valence-corrected chi connectivity index (χ0v) is 13.0. The number of carbonyl (C=O) groups excluding carboxylic acids is 2. The van der Waals surface area contributed by atoms with Gasteiger partial charge in [-0.25, -0.2) is 0 Å². The molecule has 5 unspecified atom stereocenters. The van der Waals surface area contributed by atoms with E-state index in [0.29, 0.717) is 6.61 Å². The van der Waals surface area contributed by atoms with Gasteiger partial charge >= 0.3 is 11.8 Å². The van der Waals surface area contributed by atoms with Crippen molar-refractivity contribution >= 4 is 11.8 Å². The molecule has 8 nitrogen and oxygen atoms in total. The number of piperidine rings is 1. The third kappa shape index (κ3) is 1.91. The highest BCUT2D eigenvalue weighted by Crippen LogP contribution is 2.43. The molecule has 2 amide bonds. The smallest absolute Gasteiger partial charge is 0.314 e. The van der Waals surface area contributed by atoms with Crippen molar-refractivity contribution in [2.24, 2.45) is 0 Å². The van der Waals surface area contributed by atoms with E-state index in [2.05, 4.69) is 5.32 Å². The van der Waals surface area contributed by atoms with Gasteiger partial charge in [-0.2, -0.15) is 0 Å². The zero-order valence-electron chi connectivity index (χ0n) is 13.0. The number of nitrogens with one attached hydrogen (secondary N) is 1. The topological polar surface area (TPSA) is 86.3 Å². The van der Waals surface area contributed by atoms with E-state index in [1.165, 1.54) is 4.90 Å². The number of rotatable bonds is 0. The first kappa shape index (κ1) is 14.4. The second kappa shape index (κ2) is 4.19. The van der Waals surface area contributed by atoms with Gasteiger partial charge in [-0.3, -0.25) is 9.59 Å². The van der Waals surface area contributed by atoms with Gasteiger partial charge in [-0.1, -0.05) is 0 Å². The van der Waals surface area contributed by atoms with Gasteiger partial charge in [0.25, 0.3) is 0 Å². The molecule has 8 heteroatoms. The molecule has 4 fully saturated rings. The van der Waals surface area contributed by atoms with Crippen LogP contribution in [0, 0.1) is 0 Å². The molecule has 0 saturated carbocycles. The highest BCUT2D eigenvalue weighted by Gasteiger charge is 2.64. The molecule has 4 aliphatic rings. The van der Waals surface area contributed by atoms with Crippen LogP contribution >= 0.6 is 0 Å². The van der Waals surface area contributed by atoms with Crippen molar-refractivity contribution in [1.82, 2.24) is 10.2 Å². The van der Waals surface area contributed by atoms with Crippen molar-refractivity contribution in [2.45, 2.75) is 69.8 Å². The van der Waals surface area contributed by atoms with E-state index in [1.54, 1.807) is 0 Å². The van der Waals surface area contributed by atoms with Gasteiger partial charge in [-0.05, 0) is 27.7 Å². The first-order chi connectivity index (χ1) is 10.2. The van der Waals surface area contributed by atoms with Crippen LogP contribution in [0.15, 0.2) is 0 Å². The first-order valence-electron chi connectivity index (χ1n) is 7.49. The van der Waals surface area contributed by atoms with Crippen LogP contribution in [0.4, 0.5) is 0 Å². The fourth-order valence-electron chi connectivity index (χ4n) is 3.77. The molecule has 4 saturated heterocycles. The fraction of sp³-hybridized carbons (Fsp3) is 0.857. The normalized spacial score (nSPS) is 45.1. The molecule has 0 aromatic rings. The van der Waals surface area contributed by atoms with E-state index in [-0.39, 0.29) is 12.1 Å². The summed E-state index contributed by atoms with van der Waals surface area (Å²) in [4.78, 5) is 25.5. The minimum Gasteiger partial charge on any atom is -0.348 e. The van der Waals surface area contributed by atoms with Gasteiger partial charge in [0, 0.05) is 0 Å². The molecule has 0 aliphatic carbocycles. The largest absolute Gasteiger partial charge is 0.348 e. The van der Waals surface area contributed by atoms with Crippen LogP contribution < -0.4 is 5.32 Å². The summed E-state index contributed by atoms with van der Waals surface area (Å²) < 4.78 is 23.6. The lowest BCUT2D eigenvalue weighted by Gasteiger charge is -2.51. The van der Waals surface area contributed by atoms with Crippen LogP contribution in [-0.4, -0.2) is 65.4 Å². The summed E-state index contributed by atoms with van der Waals surface area (Å²) in [5.74, 6) is -2.76. The Morgan fingerprint density at radius 2 is 1.64 bits per heavy atom. The summed E-state index contributed by atoms with van der Waals surface area (Å²) in [5, 5.41) is 2.69. The zero-order chi connectivity index (χ0) is 15.9. The molecule has 0 radical (unpaired) electrons. The van der Waals surface area contributed by atoms with Crippen LogP contribution in [0.5, 0.6) is 0 Å². The quantitative estimate of drug-likeness (QED) is 0.597. The van der Waals surface area contributed by atoms with E-state index in [4.69, 9.17) is 18.9 Å². The molecule has 0 aromatic carbocycles. The molecule has 1 N–H and O–H groups in total. The van der Waals surface area contributed by atoms with Crippen LogP contribution in [0.3, 0.4) is 0 Å². The van der Waals surface area contributed by atoms with E-state index in [1.807, 2.05) is 27.7 Å². The third-order valence-electron chi connectivity index (χ3n) is 4.56. The Morgan fingerprint density at radius 3 is 2.36 bits per heavy atom. The number of fused-ring (bicyclic) bond motifs is 6. The number of amides is 2. The number of nitrogens with zero attached hydrogens (tertiary/aromatic N) is 1. The molecule has 0 spiro atoms. The Bertz CT molecular complexity index is 547. The Balaban J connectivity index is 1.74. The van der Waals surface area contributed by atoms with Crippen LogP contribution in [0.25, 0.3) is 0 Å². The highest BCUT2D eigenvalue weighted by atomic mass is 16.8. The molecular weight excluding hydrogens is 292 g/mol. The summed E-state index contributed by atoms with van der Waals surface area (Å²) >= 11 is 0. The summed E-state index contributed by atoms with van der Waals surface area (Å²) in [6, 6.07) is -0.372. The van der Waals surface area contributed by atoms with Crippen molar-refractivity contribution in [2.75, 3.05) is 6.61 Å². The minimum absolute atomic E-state index is 0.294. The van der Waals surface area contributed by atoms with E-state index in [0.717, 1.165) is 0 Å². The van der Waals surface area contributed by atoms with Gasteiger partial charge < -0.3 is 29.2 Å².